The van der Waals surface area contributed by atoms with Crippen molar-refractivity contribution in [3.63, 3.8) is 0 Å². The van der Waals surface area contributed by atoms with Crippen LogP contribution in [-0.4, -0.2) is 54.6 Å². The minimum absolute atomic E-state index is 0.244. The third-order valence-electron chi connectivity index (χ3n) is 4.09. The minimum Gasteiger partial charge on any atom is -0.329 e. The van der Waals surface area contributed by atoms with E-state index in [0.717, 1.165) is 13.1 Å². The second-order valence-corrected chi connectivity index (χ2v) is 5.47. The maximum Gasteiger partial charge on any atom is 0.0346 e. The molecule has 0 spiro atoms. The molecule has 0 aliphatic carbocycles. The lowest BCUT2D eigenvalue weighted by Gasteiger charge is -2.45. The van der Waals surface area contributed by atoms with Crippen LogP contribution in [-0.2, 0) is 0 Å². The van der Waals surface area contributed by atoms with Gasteiger partial charge in [-0.15, -0.1) is 0 Å². The zero-order valence-corrected chi connectivity index (χ0v) is 11.5. The van der Waals surface area contributed by atoms with E-state index >= 15 is 0 Å². The van der Waals surface area contributed by atoms with Crippen LogP contribution < -0.4 is 5.73 Å². The van der Waals surface area contributed by atoms with Crippen molar-refractivity contribution in [1.82, 2.24) is 9.80 Å². The van der Waals surface area contributed by atoms with Crippen LogP contribution in [0.15, 0.2) is 0 Å². The van der Waals surface area contributed by atoms with Crippen molar-refractivity contribution in [3.8, 4) is 0 Å². The molecule has 1 aliphatic heterocycles. The van der Waals surface area contributed by atoms with Crippen LogP contribution in [0.5, 0.6) is 0 Å². The Morgan fingerprint density at radius 3 is 2.50 bits per heavy atom. The topological polar surface area (TPSA) is 32.5 Å². The molecule has 1 rings (SSSR count). The third-order valence-corrected chi connectivity index (χ3v) is 4.09. The van der Waals surface area contributed by atoms with Crippen molar-refractivity contribution in [2.75, 3.05) is 33.2 Å². The highest BCUT2D eigenvalue weighted by Gasteiger charge is 2.36. The van der Waals surface area contributed by atoms with Crippen LogP contribution in [0.1, 0.15) is 40.0 Å². The van der Waals surface area contributed by atoms with Gasteiger partial charge in [0.2, 0.25) is 0 Å². The maximum atomic E-state index is 6.11. The monoisotopic (exact) mass is 227 g/mol. The molecule has 16 heavy (non-hydrogen) atoms. The average molecular weight is 227 g/mol. The summed E-state index contributed by atoms with van der Waals surface area (Å²) in [6.07, 6.45) is 3.74. The Balaban J connectivity index is 2.81. The van der Waals surface area contributed by atoms with Gasteiger partial charge in [-0.3, -0.25) is 4.90 Å². The number of hydrogen-bond donors (Lipinski definition) is 1. The number of nitrogens with two attached hydrogens (primary N) is 1. The molecule has 0 aromatic carbocycles. The molecule has 1 heterocycles. The van der Waals surface area contributed by atoms with Crippen LogP contribution in [0, 0.1) is 0 Å². The second-order valence-electron chi connectivity index (χ2n) is 5.47. The lowest BCUT2D eigenvalue weighted by Crippen LogP contribution is -2.56. The van der Waals surface area contributed by atoms with Gasteiger partial charge in [-0.25, -0.2) is 0 Å². The Morgan fingerprint density at radius 1 is 1.31 bits per heavy atom. The molecule has 0 aromatic heterocycles. The van der Waals surface area contributed by atoms with Gasteiger partial charge < -0.3 is 10.6 Å². The second kappa shape index (κ2) is 5.99. The molecule has 1 fully saturated rings. The highest BCUT2D eigenvalue weighted by molar-refractivity contribution is 4.95. The van der Waals surface area contributed by atoms with Crippen LogP contribution in [0.3, 0.4) is 0 Å². The Hall–Kier alpha value is -0.120. The molecule has 0 radical (unpaired) electrons. The zero-order valence-electron chi connectivity index (χ0n) is 11.5. The molecule has 1 aliphatic rings. The molecule has 0 saturated carbocycles. The van der Waals surface area contributed by atoms with E-state index in [1.165, 1.54) is 32.4 Å². The first kappa shape index (κ1) is 13.9. The van der Waals surface area contributed by atoms with Crippen LogP contribution >= 0.6 is 0 Å². The molecular formula is C13H29N3. The average Bonchev–Trinajstić information content (AvgIpc) is 2.42. The Morgan fingerprint density at radius 2 is 2.00 bits per heavy atom. The summed E-state index contributed by atoms with van der Waals surface area (Å²) in [4.78, 5) is 5.04. The Labute approximate surface area is 101 Å². The number of rotatable bonds is 4. The van der Waals surface area contributed by atoms with E-state index < -0.39 is 0 Å². The van der Waals surface area contributed by atoms with E-state index in [9.17, 15) is 0 Å². The van der Waals surface area contributed by atoms with Crippen molar-refractivity contribution < 1.29 is 0 Å². The molecule has 0 aromatic rings. The van der Waals surface area contributed by atoms with E-state index in [-0.39, 0.29) is 5.54 Å². The zero-order chi connectivity index (χ0) is 12.2. The quantitative estimate of drug-likeness (QED) is 0.790. The van der Waals surface area contributed by atoms with Crippen molar-refractivity contribution in [2.45, 2.75) is 51.6 Å². The Bertz CT molecular complexity index is 205. The number of nitrogens with zero attached hydrogens (tertiary/aromatic N) is 2. The highest BCUT2D eigenvalue weighted by atomic mass is 15.2. The standard InChI is InChI=1S/C13H29N3/c1-5-16(12(2)3)13(11-14)7-6-9-15(4)10-8-13/h12H,5-11,14H2,1-4H3. The van der Waals surface area contributed by atoms with Gasteiger partial charge in [0.05, 0.1) is 0 Å². The first-order valence-corrected chi connectivity index (χ1v) is 6.71. The predicted octanol–water partition coefficient (Wildman–Crippen LogP) is 1.53. The largest absolute Gasteiger partial charge is 0.329 e. The molecule has 3 nitrogen and oxygen atoms in total. The van der Waals surface area contributed by atoms with Gasteiger partial charge in [0, 0.05) is 18.1 Å². The number of likely N-dealkylation sites (tertiary alicyclic amines) is 1. The molecule has 96 valence electrons. The van der Waals surface area contributed by atoms with Crippen LogP contribution in [0.25, 0.3) is 0 Å². The number of likely N-dealkylation sites (N-methyl/N-ethyl adjacent to an activating group) is 1. The summed E-state index contributed by atoms with van der Waals surface area (Å²) in [5, 5.41) is 0. The van der Waals surface area contributed by atoms with Gasteiger partial charge in [0.15, 0.2) is 0 Å². The summed E-state index contributed by atoms with van der Waals surface area (Å²) in [5.41, 5.74) is 6.35. The normalized spacial score (nSPS) is 28.7. The summed E-state index contributed by atoms with van der Waals surface area (Å²) in [7, 11) is 2.22. The first-order chi connectivity index (χ1) is 7.55. The van der Waals surface area contributed by atoms with Crippen LogP contribution in [0.4, 0.5) is 0 Å². The summed E-state index contributed by atoms with van der Waals surface area (Å²) in [5.74, 6) is 0. The Kier molecular flexibility index (Phi) is 5.22. The smallest absolute Gasteiger partial charge is 0.0346 e. The molecular weight excluding hydrogens is 198 g/mol. The van der Waals surface area contributed by atoms with Gasteiger partial charge in [0.1, 0.15) is 0 Å². The maximum absolute atomic E-state index is 6.11. The van der Waals surface area contributed by atoms with Gasteiger partial charge in [-0.05, 0) is 59.8 Å². The lowest BCUT2D eigenvalue weighted by atomic mass is 9.87. The van der Waals surface area contributed by atoms with E-state index in [0.29, 0.717) is 6.04 Å². The summed E-state index contributed by atoms with van der Waals surface area (Å²) in [6.45, 7) is 11.1. The van der Waals surface area contributed by atoms with Gasteiger partial charge in [0.25, 0.3) is 0 Å². The van der Waals surface area contributed by atoms with Gasteiger partial charge in [-0.1, -0.05) is 6.92 Å². The van der Waals surface area contributed by atoms with Crippen molar-refractivity contribution >= 4 is 0 Å². The molecule has 3 heteroatoms. The van der Waals surface area contributed by atoms with E-state index in [2.05, 4.69) is 37.6 Å². The summed E-state index contributed by atoms with van der Waals surface area (Å²) >= 11 is 0. The SMILES string of the molecule is CCN(C(C)C)C1(CN)CCCN(C)CC1. The molecule has 2 N–H and O–H groups in total. The highest BCUT2D eigenvalue weighted by Crippen LogP contribution is 2.29. The van der Waals surface area contributed by atoms with Crippen molar-refractivity contribution in [1.29, 1.82) is 0 Å². The summed E-state index contributed by atoms with van der Waals surface area (Å²) < 4.78 is 0. The molecule has 1 saturated heterocycles. The summed E-state index contributed by atoms with van der Waals surface area (Å²) in [6, 6.07) is 0.594. The molecule has 0 amide bonds. The first-order valence-electron chi connectivity index (χ1n) is 6.71. The van der Waals surface area contributed by atoms with Crippen LogP contribution in [0.2, 0.25) is 0 Å². The molecule has 0 bridgehead atoms. The fourth-order valence-electron chi connectivity index (χ4n) is 3.17. The van der Waals surface area contributed by atoms with E-state index in [1.807, 2.05) is 0 Å². The molecule has 1 unspecified atom stereocenters. The van der Waals surface area contributed by atoms with Crippen molar-refractivity contribution in [2.24, 2.45) is 5.73 Å². The fraction of sp³-hybridized carbons (Fsp3) is 1.00. The fourth-order valence-corrected chi connectivity index (χ4v) is 3.17. The molecule has 1 atom stereocenters. The van der Waals surface area contributed by atoms with Crippen molar-refractivity contribution in [3.05, 3.63) is 0 Å². The predicted molar refractivity (Wildman–Crippen MR) is 70.6 cm³/mol. The van der Waals surface area contributed by atoms with Gasteiger partial charge >= 0.3 is 0 Å². The number of hydrogen-bond acceptors (Lipinski definition) is 3. The van der Waals surface area contributed by atoms with E-state index in [4.69, 9.17) is 5.73 Å². The lowest BCUT2D eigenvalue weighted by molar-refractivity contribution is 0.0542. The third kappa shape index (κ3) is 2.96. The van der Waals surface area contributed by atoms with Gasteiger partial charge in [-0.2, -0.15) is 0 Å². The minimum atomic E-state index is 0.244. The van der Waals surface area contributed by atoms with E-state index in [1.54, 1.807) is 0 Å².